The molecule has 1 N–H and O–H groups in total. The molecule has 0 saturated carbocycles. The molecule has 0 aromatic heterocycles. The smallest absolute Gasteiger partial charge is 0.407 e. The van der Waals surface area contributed by atoms with Crippen LogP contribution in [-0.2, 0) is 15.1 Å². The molecule has 5 aromatic rings. The van der Waals surface area contributed by atoms with Gasteiger partial charge in [0.05, 0.1) is 13.7 Å². The molecule has 1 aliphatic rings. The van der Waals surface area contributed by atoms with E-state index in [1.807, 2.05) is 84.9 Å². The van der Waals surface area contributed by atoms with Gasteiger partial charge in [-0.05, 0) is 51.1 Å². The van der Waals surface area contributed by atoms with Gasteiger partial charge in [-0.3, -0.25) is 0 Å². The zero-order valence-electron chi connectivity index (χ0n) is 23.5. The summed E-state index contributed by atoms with van der Waals surface area (Å²) in [5.74, 6) is 0.781. The molecule has 1 amide bonds. The highest BCUT2D eigenvalue weighted by Gasteiger charge is 2.37. The van der Waals surface area contributed by atoms with E-state index >= 15 is 0 Å². The number of rotatable bonds is 10. The second kappa shape index (κ2) is 12.3. The van der Waals surface area contributed by atoms with Gasteiger partial charge < -0.3 is 19.5 Å². The molecule has 6 rings (SSSR count). The van der Waals surface area contributed by atoms with Crippen molar-refractivity contribution in [1.82, 2.24) is 5.32 Å². The van der Waals surface area contributed by atoms with Crippen molar-refractivity contribution < 1.29 is 19.0 Å². The van der Waals surface area contributed by atoms with E-state index in [0.29, 0.717) is 0 Å². The predicted octanol–water partition coefficient (Wildman–Crippen LogP) is 7.54. The molecule has 0 spiro atoms. The molecular formula is C37H33NO4. The van der Waals surface area contributed by atoms with Gasteiger partial charge in [0.2, 0.25) is 0 Å². The summed E-state index contributed by atoms with van der Waals surface area (Å²) in [7, 11) is 1.65. The van der Waals surface area contributed by atoms with Crippen molar-refractivity contribution in [1.29, 1.82) is 0 Å². The average Bonchev–Trinajstić information content (AvgIpc) is 3.38. The third-order valence-corrected chi connectivity index (χ3v) is 7.89. The van der Waals surface area contributed by atoms with E-state index in [4.69, 9.17) is 14.2 Å². The lowest BCUT2D eigenvalue weighted by Crippen LogP contribution is -2.36. The number of amides is 1. The summed E-state index contributed by atoms with van der Waals surface area (Å²) in [6.07, 6.45) is -0.463. The minimum atomic E-state index is -0.891. The fourth-order valence-electron chi connectivity index (χ4n) is 5.93. The normalized spacial score (nSPS) is 12.3. The molecule has 0 unspecified atom stereocenters. The maximum Gasteiger partial charge on any atom is 0.407 e. The van der Waals surface area contributed by atoms with Crippen LogP contribution in [0, 0.1) is 0 Å². The maximum atomic E-state index is 12.8. The third-order valence-electron chi connectivity index (χ3n) is 7.89. The number of alkyl carbamates (subject to hydrolysis) is 1. The molecule has 5 aromatic carbocycles. The number of ether oxygens (including phenoxy) is 3. The zero-order valence-corrected chi connectivity index (χ0v) is 23.5. The molecule has 1 aliphatic carbocycles. The fourth-order valence-corrected chi connectivity index (χ4v) is 5.93. The van der Waals surface area contributed by atoms with Gasteiger partial charge in [0.1, 0.15) is 18.0 Å². The summed E-state index contributed by atoms with van der Waals surface area (Å²) < 4.78 is 17.9. The van der Waals surface area contributed by atoms with Gasteiger partial charge in [0.25, 0.3) is 0 Å². The standard InChI is InChI=1S/C37H33NO4/c1-40-30-22-20-29(21-23-30)37(27-12-4-2-5-13-27,28-14-6-3-7-15-28)42-25-24-38-36(39)41-26-35-33-18-10-8-16-31(33)32-17-9-11-19-34(32)35/h2-23,35H,24-26H2,1H3,(H,38,39). The number of hydrogen-bond acceptors (Lipinski definition) is 4. The van der Waals surface area contributed by atoms with Crippen LogP contribution in [0.3, 0.4) is 0 Å². The van der Waals surface area contributed by atoms with Crippen LogP contribution in [0.5, 0.6) is 5.75 Å². The molecule has 0 atom stereocenters. The van der Waals surface area contributed by atoms with Crippen LogP contribution in [0.2, 0.25) is 0 Å². The van der Waals surface area contributed by atoms with Gasteiger partial charge in [-0.1, -0.05) is 121 Å². The molecule has 5 nitrogen and oxygen atoms in total. The van der Waals surface area contributed by atoms with Gasteiger partial charge in [-0.15, -0.1) is 0 Å². The molecular weight excluding hydrogens is 522 g/mol. The molecule has 0 heterocycles. The zero-order chi connectivity index (χ0) is 28.8. The van der Waals surface area contributed by atoms with E-state index in [1.54, 1.807) is 7.11 Å². The Bertz CT molecular complexity index is 1550. The summed E-state index contributed by atoms with van der Waals surface area (Å²) in [5, 5.41) is 2.89. The van der Waals surface area contributed by atoms with Gasteiger partial charge in [-0.2, -0.15) is 0 Å². The summed E-state index contributed by atoms with van der Waals surface area (Å²) >= 11 is 0. The van der Waals surface area contributed by atoms with Crippen molar-refractivity contribution in [2.75, 3.05) is 26.9 Å². The first kappa shape index (κ1) is 27.3. The average molecular weight is 556 g/mol. The quantitative estimate of drug-likeness (QED) is 0.143. The second-order valence-electron chi connectivity index (χ2n) is 10.2. The van der Waals surface area contributed by atoms with Crippen LogP contribution in [0.15, 0.2) is 133 Å². The summed E-state index contributed by atoms with van der Waals surface area (Å²) in [6, 6.07) is 44.8. The summed E-state index contributed by atoms with van der Waals surface area (Å²) in [4.78, 5) is 12.8. The lowest BCUT2D eigenvalue weighted by molar-refractivity contribution is 0.0145. The molecule has 0 saturated heterocycles. The lowest BCUT2D eigenvalue weighted by Gasteiger charge is -2.36. The molecule has 5 heteroatoms. The summed E-state index contributed by atoms with van der Waals surface area (Å²) in [5.41, 5.74) is 6.82. The van der Waals surface area contributed by atoms with E-state index in [2.05, 4.69) is 53.8 Å². The Morgan fingerprint density at radius 1 is 0.667 bits per heavy atom. The van der Waals surface area contributed by atoms with Crippen LogP contribution in [0.1, 0.15) is 33.7 Å². The molecule has 0 aliphatic heterocycles. The molecule has 210 valence electrons. The highest BCUT2D eigenvalue weighted by atomic mass is 16.5. The van der Waals surface area contributed by atoms with Crippen LogP contribution >= 0.6 is 0 Å². The molecule has 42 heavy (non-hydrogen) atoms. The van der Waals surface area contributed by atoms with Gasteiger partial charge in [0.15, 0.2) is 0 Å². The number of carbonyl (C=O) groups is 1. The minimum absolute atomic E-state index is 0.0123. The second-order valence-corrected chi connectivity index (χ2v) is 10.2. The van der Waals surface area contributed by atoms with E-state index in [9.17, 15) is 4.79 Å². The van der Waals surface area contributed by atoms with Crippen LogP contribution in [0.4, 0.5) is 4.79 Å². The SMILES string of the molecule is COc1ccc(C(OCCNC(=O)OCC2c3ccccc3-c3ccccc32)(c2ccccc2)c2ccccc2)cc1. The molecule has 0 bridgehead atoms. The number of benzene rings is 5. The highest BCUT2D eigenvalue weighted by Crippen LogP contribution is 2.44. The van der Waals surface area contributed by atoms with Crippen molar-refractivity contribution >= 4 is 6.09 Å². The van der Waals surface area contributed by atoms with Crippen LogP contribution in [-0.4, -0.2) is 33.0 Å². The Morgan fingerprint density at radius 2 is 1.17 bits per heavy atom. The van der Waals surface area contributed by atoms with Gasteiger partial charge in [0, 0.05) is 12.5 Å². The first-order valence-electron chi connectivity index (χ1n) is 14.2. The number of carbonyl (C=O) groups excluding carboxylic acids is 1. The molecule has 0 radical (unpaired) electrons. The van der Waals surface area contributed by atoms with E-state index < -0.39 is 11.7 Å². The van der Waals surface area contributed by atoms with Crippen LogP contribution < -0.4 is 10.1 Å². The third kappa shape index (κ3) is 5.27. The number of fused-ring (bicyclic) bond motifs is 3. The first-order valence-corrected chi connectivity index (χ1v) is 14.2. The number of methoxy groups -OCH3 is 1. The Kier molecular flexibility index (Phi) is 8.02. The van der Waals surface area contributed by atoms with Crippen molar-refractivity contribution in [2.45, 2.75) is 11.5 Å². The van der Waals surface area contributed by atoms with Crippen molar-refractivity contribution in [3.63, 3.8) is 0 Å². The Labute approximate surface area is 246 Å². The largest absolute Gasteiger partial charge is 0.497 e. The highest BCUT2D eigenvalue weighted by molar-refractivity contribution is 5.79. The Balaban J connectivity index is 1.17. The van der Waals surface area contributed by atoms with Crippen molar-refractivity contribution in [3.05, 3.63) is 161 Å². The fraction of sp³-hybridized carbons (Fsp3) is 0.162. The van der Waals surface area contributed by atoms with Crippen molar-refractivity contribution in [2.24, 2.45) is 0 Å². The van der Waals surface area contributed by atoms with Crippen LogP contribution in [0.25, 0.3) is 11.1 Å². The van der Waals surface area contributed by atoms with E-state index in [0.717, 1.165) is 22.4 Å². The number of hydrogen-bond donors (Lipinski definition) is 1. The number of nitrogens with one attached hydrogen (secondary N) is 1. The van der Waals surface area contributed by atoms with E-state index in [-0.39, 0.29) is 25.7 Å². The van der Waals surface area contributed by atoms with Crippen molar-refractivity contribution in [3.8, 4) is 16.9 Å². The summed E-state index contributed by atoms with van der Waals surface area (Å²) in [6.45, 7) is 0.818. The van der Waals surface area contributed by atoms with Gasteiger partial charge >= 0.3 is 6.09 Å². The van der Waals surface area contributed by atoms with E-state index in [1.165, 1.54) is 22.3 Å². The Morgan fingerprint density at radius 3 is 1.71 bits per heavy atom. The molecule has 0 fully saturated rings. The lowest BCUT2D eigenvalue weighted by atomic mass is 9.80. The Hall–Kier alpha value is -4.87. The first-order chi connectivity index (χ1) is 20.7. The minimum Gasteiger partial charge on any atom is -0.497 e. The topological polar surface area (TPSA) is 56.8 Å². The maximum absolute atomic E-state index is 12.8. The monoisotopic (exact) mass is 555 g/mol. The predicted molar refractivity (Wildman–Crippen MR) is 165 cm³/mol. The van der Waals surface area contributed by atoms with Gasteiger partial charge in [-0.25, -0.2) is 4.79 Å².